The van der Waals surface area contributed by atoms with E-state index in [1.165, 1.54) is 0 Å². The fourth-order valence-electron chi connectivity index (χ4n) is 2.08. The van der Waals surface area contributed by atoms with Crippen LogP contribution in [0.5, 0.6) is 5.75 Å². The van der Waals surface area contributed by atoms with Gasteiger partial charge >= 0.3 is 0 Å². The van der Waals surface area contributed by atoms with Crippen molar-refractivity contribution in [2.75, 3.05) is 12.4 Å². The molecule has 1 heterocycles. The summed E-state index contributed by atoms with van der Waals surface area (Å²) in [6.07, 6.45) is 7.06. The second kappa shape index (κ2) is 7.51. The summed E-state index contributed by atoms with van der Waals surface area (Å²) in [6, 6.07) is 11.1. The Hall–Kier alpha value is -3.00. The summed E-state index contributed by atoms with van der Waals surface area (Å²) in [5.74, 6) is 3.57. The molecule has 1 aromatic heterocycles. The van der Waals surface area contributed by atoms with Gasteiger partial charge in [0.05, 0.1) is 18.2 Å². The number of nitrogens with one attached hydrogen (secondary N) is 2. The minimum absolute atomic E-state index is 0.265. The predicted molar refractivity (Wildman–Crippen MR) is 94.9 cm³/mol. The maximum absolute atomic E-state index is 12.4. The zero-order valence-electron chi connectivity index (χ0n) is 14.1. The Morgan fingerprint density at radius 1 is 1.33 bits per heavy atom. The van der Waals surface area contributed by atoms with Gasteiger partial charge in [-0.05, 0) is 43.7 Å². The smallest absolute Gasteiger partial charge is 0.256 e. The van der Waals surface area contributed by atoms with E-state index < -0.39 is 5.54 Å². The fourth-order valence-corrected chi connectivity index (χ4v) is 2.08. The second-order valence-corrected chi connectivity index (χ2v) is 5.83. The van der Waals surface area contributed by atoms with E-state index >= 15 is 0 Å². The molecule has 0 bridgehead atoms. The quantitative estimate of drug-likeness (QED) is 0.803. The number of pyridine rings is 1. The Bertz CT molecular complexity index is 763. The van der Waals surface area contributed by atoms with Crippen LogP contribution in [0, 0.1) is 12.3 Å². The van der Waals surface area contributed by atoms with Crippen molar-refractivity contribution in [3.63, 3.8) is 0 Å². The second-order valence-electron chi connectivity index (χ2n) is 5.83. The number of carbonyl (C=O) groups is 1. The van der Waals surface area contributed by atoms with Crippen LogP contribution in [0.4, 0.5) is 5.82 Å². The van der Waals surface area contributed by atoms with Crippen molar-refractivity contribution in [3.05, 3.63) is 53.7 Å². The van der Waals surface area contributed by atoms with Crippen LogP contribution in [0.25, 0.3) is 0 Å². The third kappa shape index (κ3) is 4.50. The summed E-state index contributed by atoms with van der Waals surface area (Å²) < 4.78 is 5.21. The first-order valence-corrected chi connectivity index (χ1v) is 7.57. The standard InChI is InChI=1S/C19H21N3O2/c1-5-19(2,3)22-18(23)16-10-7-11-20-17(16)21-13-14-8-6-9-15(12-14)24-4/h1,6-12H,13H2,2-4H3,(H,20,21)(H,22,23). The first-order valence-electron chi connectivity index (χ1n) is 7.57. The number of hydrogen-bond acceptors (Lipinski definition) is 4. The van der Waals surface area contributed by atoms with Crippen LogP contribution < -0.4 is 15.4 Å². The summed E-state index contributed by atoms with van der Waals surface area (Å²) in [5.41, 5.74) is 0.746. The molecule has 0 saturated heterocycles. The SMILES string of the molecule is C#CC(C)(C)NC(=O)c1cccnc1NCc1cccc(OC)c1. The van der Waals surface area contributed by atoms with Crippen molar-refractivity contribution >= 4 is 11.7 Å². The molecule has 5 nitrogen and oxygen atoms in total. The summed E-state index contributed by atoms with van der Waals surface area (Å²) in [4.78, 5) is 16.7. The topological polar surface area (TPSA) is 63.2 Å². The molecule has 24 heavy (non-hydrogen) atoms. The predicted octanol–water partition coefficient (Wildman–Crippen LogP) is 2.84. The van der Waals surface area contributed by atoms with Gasteiger partial charge in [-0.25, -0.2) is 4.98 Å². The summed E-state index contributed by atoms with van der Waals surface area (Å²) in [7, 11) is 1.63. The zero-order valence-corrected chi connectivity index (χ0v) is 14.1. The molecule has 5 heteroatoms. The van der Waals surface area contributed by atoms with Gasteiger partial charge in [0.25, 0.3) is 5.91 Å². The fraction of sp³-hybridized carbons (Fsp3) is 0.263. The minimum atomic E-state index is -0.725. The van der Waals surface area contributed by atoms with Crippen LogP contribution in [0.15, 0.2) is 42.6 Å². The molecule has 0 unspecified atom stereocenters. The van der Waals surface area contributed by atoms with E-state index in [9.17, 15) is 4.79 Å². The van der Waals surface area contributed by atoms with Gasteiger partial charge in [-0.2, -0.15) is 0 Å². The van der Waals surface area contributed by atoms with Gasteiger partial charge in [-0.15, -0.1) is 6.42 Å². The number of aromatic nitrogens is 1. The number of amides is 1. The highest BCUT2D eigenvalue weighted by atomic mass is 16.5. The minimum Gasteiger partial charge on any atom is -0.497 e. The molecular formula is C19H21N3O2. The summed E-state index contributed by atoms with van der Waals surface area (Å²) in [5, 5.41) is 5.99. The third-order valence-corrected chi connectivity index (χ3v) is 3.43. The van der Waals surface area contributed by atoms with Crippen molar-refractivity contribution in [1.82, 2.24) is 10.3 Å². The number of ether oxygens (including phenoxy) is 1. The number of rotatable bonds is 6. The highest BCUT2D eigenvalue weighted by molar-refractivity contribution is 5.99. The van der Waals surface area contributed by atoms with Gasteiger partial charge in [0.1, 0.15) is 11.6 Å². The Labute approximate surface area is 142 Å². The van der Waals surface area contributed by atoms with Crippen LogP contribution in [0.2, 0.25) is 0 Å². The molecule has 0 aliphatic heterocycles. The lowest BCUT2D eigenvalue weighted by Gasteiger charge is -2.20. The number of benzene rings is 1. The molecule has 0 saturated carbocycles. The largest absolute Gasteiger partial charge is 0.497 e. The van der Waals surface area contributed by atoms with E-state index in [-0.39, 0.29) is 5.91 Å². The van der Waals surface area contributed by atoms with Gasteiger partial charge in [0.2, 0.25) is 0 Å². The Kier molecular flexibility index (Phi) is 5.43. The van der Waals surface area contributed by atoms with E-state index in [4.69, 9.17) is 11.2 Å². The van der Waals surface area contributed by atoms with E-state index in [2.05, 4.69) is 21.5 Å². The van der Waals surface area contributed by atoms with E-state index in [1.54, 1.807) is 39.3 Å². The number of anilines is 1. The lowest BCUT2D eigenvalue weighted by molar-refractivity contribution is 0.0930. The number of methoxy groups -OCH3 is 1. The normalized spacial score (nSPS) is 10.6. The molecule has 1 aromatic carbocycles. The van der Waals surface area contributed by atoms with Gasteiger partial charge in [-0.1, -0.05) is 18.1 Å². The monoisotopic (exact) mass is 323 g/mol. The van der Waals surface area contributed by atoms with Crippen molar-refractivity contribution in [3.8, 4) is 18.1 Å². The molecule has 0 radical (unpaired) electrons. The molecule has 2 aromatic rings. The molecule has 0 atom stereocenters. The van der Waals surface area contributed by atoms with Crippen LogP contribution in [0.3, 0.4) is 0 Å². The van der Waals surface area contributed by atoms with Crippen molar-refractivity contribution < 1.29 is 9.53 Å². The molecule has 0 spiro atoms. The van der Waals surface area contributed by atoms with Gasteiger partial charge in [0, 0.05) is 12.7 Å². The van der Waals surface area contributed by atoms with Crippen LogP contribution in [0.1, 0.15) is 29.8 Å². The molecule has 2 rings (SSSR count). The highest BCUT2D eigenvalue weighted by Gasteiger charge is 2.20. The Balaban J connectivity index is 2.14. The summed E-state index contributed by atoms with van der Waals surface area (Å²) in [6.45, 7) is 4.06. The number of terminal acetylenes is 1. The number of carbonyl (C=O) groups excluding carboxylic acids is 1. The average Bonchev–Trinajstić information content (AvgIpc) is 2.60. The van der Waals surface area contributed by atoms with Gasteiger partial charge in [-0.3, -0.25) is 4.79 Å². The lowest BCUT2D eigenvalue weighted by Crippen LogP contribution is -2.42. The van der Waals surface area contributed by atoms with Crippen molar-refractivity contribution in [1.29, 1.82) is 0 Å². The van der Waals surface area contributed by atoms with E-state index in [0.717, 1.165) is 11.3 Å². The highest BCUT2D eigenvalue weighted by Crippen LogP contribution is 2.17. The lowest BCUT2D eigenvalue weighted by atomic mass is 10.1. The Morgan fingerprint density at radius 3 is 2.83 bits per heavy atom. The van der Waals surface area contributed by atoms with Crippen LogP contribution in [-0.2, 0) is 6.54 Å². The molecule has 0 fully saturated rings. The zero-order chi connectivity index (χ0) is 17.6. The number of nitrogens with zero attached hydrogens (tertiary/aromatic N) is 1. The van der Waals surface area contributed by atoms with E-state index in [0.29, 0.717) is 17.9 Å². The molecule has 0 aliphatic rings. The maximum Gasteiger partial charge on any atom is 0.256 e. The number of hydrogen-bond donors (Lipinski definition) is 2. The third-order valence-electron chi connectivity index (χ3n) is 3.43. The molecule has 0 aliphatic carbocycles. The van der Waals surface area contributed by atoms with Crippen LogP contribution >= 0.6 is 0 Å². The van der Waals surface area contributed by atoms with E-state index in [1.807, 2.05) is 24.3 Å². The van der Waals surface area contributed by atoms with Gasteiger partial charge in [0.15, 0.2) is 0 Å². The average molecular weight is 323 g/mol. The van der Waals surface area contributed by atoms with Crippen LogP contribution in [-0.4, -0.2) is 23.5 Å². The van der Waals surface area contributed by atoms with Crippen molar-refractivity contribution in [2.45, 2.75) is 25.9 Å². The van der Waals surface area contributed by atoms with Gasteiger partial charge < -0.3 is 15.4 Å². The van der Waals surface area contributed by atoms with Crippen molar-refractivity contribution in [2.24, 2.45) is 0 Å². The molecule has 2 N–H and O–H groups in total. The molecular weight excluding hydrogens is 302 g/mol. The first-order chi connectivity index (χ1) is 11.4. The molecule has 1 amide bonds. The maximum atomic E-state index is 12.4. The Morgan fingerprint density at radius 2 is 2.12 bits per heavy atom. The summed E-state index contributed by atoms with van der Waals surface area (Å²) >= 11 is 0. The molecule has 124 valence electrons. The first kappa shape index (κ1) is 17.4.